The normalized spacial score (nSPS) is 16.8. The number of carbonyl (C=O) groups is 10. The van der Waals surface area contributed by atoms with E-state index in [-0.39, 0.29) is 32.4 Å². The fourth-order valence-corrected chi connectivity index (χ4v) is 6.02. The fourth-order valence-electron chi connectivity index (χ4n) is 6.02. The lowest BCUT2D eigenvalue weighted by atomic mass is 9.95. The molecule has 56 heavy (non-hydrogen) atoms. The number of carbonyl (C=O) groups excluding carboxylic acids is 8. The highest BCUT2D eigenvalue weighted by Gasteiger charge is 2.41. The van der Waals surface area contributed by atoms with Gasteiger partial charge in [-0.05, 0) is 43.9 Å². The Balaban J connectivity index is 3.28. The number of nitrogens with zero attached hydrogens (tertiary/aromatic N) is 1. The van der Waals surface area contributed by atoms with Gasteiger partial charge in [0.05, 0.1) is 6.04 Å². The second-order valence-corrected chi connectivity index (χ2v) is 14.2. The monoisotopic (exact) mass is 793 g/mol. The number of carboxylic acid groups (broad SMARTS) is 2. The average Bonchev–Trinajstić information content (AvgIpc) is 3.63. The fraction of sp³-hybridized carbons (Fsp3) is 0.676. The van der Waals surface area contributed by atoms with Gasteiger partial charge in [0, 0.05) is 32.9 Å². The summed E-state index contributed by atoms with van der Waals surface area (Å²) in [5.41, 5.74) is 0. The predicted molar refractivity (Wildman–Crippen MR) is 201 cm³/mol. The maximum atomic E-state index is 14.1. The number of likely N-dealkylation sites (tertiary alicyclic amines) is 1. The van der Waals surface area contributed by atoms with Crippen LogP contribution < -0.4 is 31.9 Å². The Kier molecular flexibility index (Phi) is 21.0. The van der Waals surface area contributed by atoms with Crippen LogP contribution in [0.25, 0.3) is 0 Å². The third-order valence-corrected chi connectivity index (χ3v) is 9.32. The van der Waals surface area contributed by atoms with Crippen molar-refractivity contribution < 1.29 is 58.2 Å². The van der Waals surface area contributed by atoms with Gasteiger partial charge in [0.25, 0.3) is 5.91 Å². The van der Waals surface area contributed by atoms with Gasteiger partial charge in [0.2, 0.25) is 41.2 Å². The SMILES string of the molecule is C=CCNC(=O)C(=O)C(CCC)NC(=O)C1CCCN1C(=O)C(NC(=O)C(NC(=O)C(CCC(=O)O)NC(=O)C(CCC(=O)O)NC(C)=O)C(C)C)C(C)CC. The lowest BCUT2D eigenvalue weighted by Gasteiger charge is -2.33. The lowest BCUT2D eigenvalue weighted by Crippen LogP contribution is -2.61. The minimum absolute atomic E-state index is 0.0603. The Hall–Kier alpha value is -5.36. The molecule has 314 valence electrons. The van der Waals surface area contributed by atoms with Crippen molar-refractivity contribution in [1.82, 2.24) is 36.8 Å². The van der Waals surface area contributed by atoms with Crippen LogP contribution in [-0.4, -0.2) is 124 Å². The van der Waals surface area contributed by atoms with Gasteiger partial charge in [0.1, 0.15) is 30.2 Å². The summed E-state index contributed by atoms with van der Waals surface area (Å²) in [6, 6.07) is -7.44. The van der Waals surface area contributed by atoms with Crippen LogP contribution in [0.4, 0.5) is 0 Å². The van der Waals surface area contributed by atoms with E-state index in [0.29, 0.717) is 19.3 Å². The summed E-state index contributed by atoms with van der Waals surface area (Å²) in [5, 5.41) is 33.3. The third-order valence-electron chi connectivity index (χ3n) is 9.32. The van der Waals surface area contributed by atoms with Crippen molar-refractivity contribution in [2.75, 3.05) is 13.1 Å². The molecule has 0 aromatic carbocycles. The molecule has 0 saturated carbocycles. The first kappa shape index (κ1) is 48.7. The van der Waals surface area contributed by atoms with Crippen molar-refractivity contribution >= 4 is 59.1 Å². The van der Waals surface area contributed by atoms with Crippen LogP contribution in [0.3, 0.4) is 0 Å². The number of amides is 7. The summed E-state index contributed by atoms with van der Waals surface area (Å²) in [6.45, 7) is 13.4. The summed E-state index contributed by atoms with van der Waals surface area (Å²) in [4.78, 5) is 129. The Bertz CT molecular complexity index is 1470. The van der Waals surface area contributed by atoms with E-state index in [0.717, 1.165) is 6.92 Å². The maximum Gasteiger partial charge on any atom is 0.303 e. The number of Topliss-reactive ketones (excluding diaryl/α,β-unsaturated/α-hetero) is 1. The van der Waals surface area contributed by atoms with Crippen LogP contribution in [0.1, 0.15) is 99.3 Å². The molecule has 7 amide bonds. The Morgan fingerprint density at radius 3 is 1.80 bits per heavy atom. The van der Waals surface area contributed by atoms with E-state index < -0.39 is 126 Å². The molecule has 7 unspecified atom stereocenters. The summed E-state index contributed by atoms with van der Waals surface area (Å²) < 4.78 is 0. The van der Waals surface area contributed by atoms with E-state index in [2.05, 4.69) is 38.5 Å². The number of nitrogens with one attached hydrogen (secondary N) is 6. The molecule has 0 spiro atoms. The molecule has 1 fully saturated rings. The summed E-state index contributed by atoms with van der Waals surface area (Å²) in [5.74, 6) is -9.78. The topological polar surface area (TPSA) is 287 Å². The van der Waals surface area contributed by atoms with Gasteiger partial charge in [-0.2, -0.15) is 0 Å². The molecule has 0 aromatic heterocycles. The Labute approximate surface area is 326 Å². The molecule has 19 heteroatoms. The molecule has 0 aromatic rings. The third kappa shape index (κ3) is 15.8. The van der Waals surface area contributed by atoms with Gasteiger partial charge in [-0.25, -0.2) is 0 Å². The first-order chi connectivity index (χ1) is 26.3. The van der Waals surface area contributed by atoms with Crippen LogP contribution in [0.5, 0.6) is 0 Å². The maximum absolute atomic E-state index is 14.1. The highest BCUT2D eigenvalue weighted by Crippen LogP contribution is 2.22. The zero-order valence-electron chi connectivity index (χ0n) is 33.1. The van der Waals surface area contributed by atoms with E-state index >= 15 is 0 Å². The number of aliphatic carboxylic acids is 2. The highest BCUT2D eigenvalue weighted by molar-refractivity contribution is 6.38. The molecule has 1 saturated heterocycles. The van der Waals surface area contributed by atoms with Crippen LogP contribution in [0.2, 0.25) is 0 Å². The second kappa shape index (κ2) is 24.2. The number of rotatable bonds is 25. The van der Waals surface area contributed by atoms with Crippen molar-refractivity contribution in [3.63, 3.8) is 0 Å². The smallest absolute Gasteiger partial charge is 0.303 e. The van der Waals surface area contributed by atoms with E-state index in [1.165, 1.54) is 11.0 Å². The quantitative estimate of drug-likeness (QED) is 0.0430. The van der Waals surface area contributed by atoms with Crippen molar-refractivity contribution in [1.29, 1.82) is 0 Å². The van der Waals surface area contributed by atoms with Gasteiger partial charge in [-0.1, -0.05) is 53.5 Å². The molecular weight excluding hydrogens is 734 g/mol. The largest absolute Gasteiger partial charge is 0.481 e. The molecule has 0 bridgehead atoms. The number of hydrogen-bond donors (Lipinski definition) is 8. The molecule has 8 N–H and O–H groups in total. The number of hydrogen-bond acceptors (Lipinski definition) is 10. The second-order valence-electron chi connectivity index (χ2n) is 14.2. The Morgan fingerprint density at radius 1 is 0.750 bits per heavy atom. The highest BCUT2D eigenvalue weighted by atomic mass is 16.4. The molecule has 1 aliphatic rings. The van der Waals surface area contributed by atoms with Crippen molar-refractivity contribution in [2.45, 2.75) is 136 Å². The first-order valence-corrected chi connectivity index (χ1v) is 18.9. The van der Waals surface area contributed by atoms with Gasteiger partial charge in [0.15, 0.2) is 0 Å². The van der Waals surface area contributed by atoms with Crippen LogP contribution in [0.15, 0.2) is 12.7 Å². The molecule has 7 atom stereocenters. The zero-order valence-corrected chi connectivity index (χ0v) is 33.1. The standard InChI is InChI=1S/C37H59N7O12/c1-8-12-23(31(50)36(55)38-18-9-2)40-34(53)26-13-11-19-44(26)37(56)30(21(6)10-3)43-35(54)29(20(4)5)42-33(52)25(15-17-28(48)49)41-32(51)24(39-22(7)45)14-16-27(46)47/h9,20-21,23-26,29-30H,2,8,10-19H2,1,3-7H3,(H,38,55)(H,39,45)(H,40,53)(H,41,51)(H,42,52)(H,43,54)(H,46,47)(H,48,49). The Morgan fingerprint density at radius 2 is 1.30 bits per heavy atom. The average molecular weight is 794 g/mol. The molecule has 1 heterocycles. The van der Waals surface area contributed by atoms with Crippen molar-refractivity contribution in [2.24, 2.45) is 11.8 Å². The molecule has 0 aliphatic carbocycles. The number of carboxylic acids is 2. The number of ketones is 1. The van der Waals surface area contributed by atoms with Gasteiger partial charge in [-0.3, -0.25) is 47.9 Å². The van der Waals surface area contributed by atoms with Gasteiger partial charge in [-0.15, -0.1) is 6.58 Å². The van der Waals surface area contributed by atoms with E-state index in [1.807, 2.05) is 0 Å². The van der Waals surface area contributed by atoms with Crippen LogP contribution >= 0.6 is 0 Å². The van der Waals surface area contributed by atoms with Gasteiger partial charge >= 0.3 is 11.9 Å². The summed E-state index contributed by atoms with van der Waals surface area (Å²) in [6.07, 6.45) is 1.41. The van der Waals surface area contributed by atoms with Crippen molar-refractivity contribution in [3.05, 3.63) is 12.7 Å². The van der Waals surface area contributed by atoms with Crippen LogP contribution in [-0.2, 0) is 47.9 Å². The van der Waals surface area contributed by atoms with E-state index in [4.69, 9.17) is 5.11 Å². The molecule has 1 aliphatic heterocycles. The lowest BCUT2D eigenvalue weighted by molar-refractivity contribution is -0.144. The predicted octanol–water partition coefficient (Wildman–Crippen LogP) is -0.476. The van der Waals surface area contributed by atoms with E-state index in [9.17, 15) is 53.1 Å². The molecule has 19 nitrogen and oxygen atoms in total. The first-order valence-electron chi connectivity index (χ1n) is 18.9. The summed E-state index contributed by atoms with van der Waals surface area (Å²) >= 11 is 0. The van der Waals surface area contributed by atoms with Crippen molar-refractivity contribution in [3.8, 4) is 0 Å². The zero-order chi connectivity index (χ0) is 42.7. The molecule has 1 rings (SSSR count). The minimum Gasteiger partial charge on any atom is -0.481 e. The van der Waals surface area contributed by atoms with E-state index in [1.54, 1.807) is 34.6 Å². The van der Waals surface area contributed by atoms with Gasteiger partial charge < -0.3 is 47.0 Å². The van der Waals surface area contributed by atoms with Crippen LogP contribution in [0, 0.1) is 11.8 Å². The minimum atomic E-state index is -1.51. The summed E-state index contributed by atoms with van der Waals surface area (Å²) in [7, 11) is 0. The molecule has 0 radical (unpaired) electrons. The molecular formula is C37H59N7O12.